The fourth-order valence-electron chi connectivity index (χ4n) is 2.94. The molecule has 0 aromatic carbocycles. The maximum absolute atomic E-state index is 11.8. The fourth-order valence-corrected chi connectivity index (χ4v) is 2.94. The fraction of sp³-hybridized carbons (Fsp3) is 0.917. The summed E-state index contributed by atoms with van der Waals surface area (Å²) in [4.78, 5) is 13.6. The summed E-state index contributed by atoms with van der Waals surface area (Å²) in [5.74, 6) is 0.635. The van der Waals surface area contributed by atoms with Crippen molar-refractivity contribution < 1.29 is 9.53 Å². The Hall–Kier alpha value is -0.770. The molecule has 2 atom stereocenters. The normalized spacial score (nSPS) is 29.9. The van der Waals surface area contributed by atoms with E-state index in [0.717, 1.165) is 19.3 Å². The number of carbonyl (C=O) groups excluding carboxylic acids is 1. The summed E-state index contributed by atoms with van der Waals surface area (Å²) < 4.78 is 4.85. The highest BCUT2D eigenvalue weighted by Crippen LogP contribution is 2.36. The van der Waals surface area contributed by atoms with Gasteiger partial charge in [-0.25, -0.2) is 4.79 Å². The first kappa shape index (κ1) is 13.3. The van der Waals surface area contributed by atoms with Crippen molar-refractivity contribution in [3.05, 3.63) is 0 Å². The summed E-state index contributed by atoms with van der Waals surface area (Å²) in [7, 11) is 1.43. The monoisotopic (exact) mass is 228 g/mol. The summed E-state index contributed by atoms with van der Waals surface area (Å²) >= 11 is 0. The van der Waals surface area contributed by atoms with Crippen molar-refractivity contribution in [3.8, 4) is 0 Å². The predicted octanol–water partition coefficient (Wildman–Crippen LogP) is 1.98. The van der Waals surface area contributed by atoms with E-state index in [2.05, 4.69) is 6.92 Å². The van der Waals surface area contributed by atoms with E-state index in [1.807, 2.05) is 11.8 Å². The van der Waals surface area contributed by atoms with Crippen molar-refractivity contribution in [2.75, 3.05) is 20.2 Å². The molecule has 0 aromatic rings. The van der Waals surface area contributed by atoms with Gasteiger partial charge in [0.05, 0.1) is 12.6 Å². The highest BCUT2D eigenvalue weighted by molar-refractivity contribution is 5.68. The van der Waals surface area contributed by atoms with E-state index < -0.39 is 0 Å². The van der Waals surface area contributed by atoms with Crippen LogP contribution in [0.15, 0.2) is 0 Å². The van der Waals surface area contributed by atoms with Crippen LogP contribution in [0.4, 0.5) is 4.79 Å². The van der Waals surface area contributed by atoms with Gasteiger partial charge in [-0.2, -0.15) is 0 Å². The zero-order valence-electron chi connectivity index (χ0n) is 10.7. The van der Waals surface area contributed by atoms with Gasteiger partial charge in [0.25, 0.3) is 0 Å². The van der Waals surface area contributed by atoms with E-state index in [4.69, 9.17) is 10.5 Å². The Bertz CT molecular complexity index is 245. The van der Waals surface area contributed by atoms with E-state index in [9.17, 15) is 4.79 Å². The van der Waals surface area contributed by atoms with Gasteiger partial charge < -0.3 is 15.4 Å². The minimum absolute atomic E-state index is 0.181. The largest absolute Gasteiger partial charge is 0.453 e. The molecule has 1 aliphatic carbocycles. The van der Waals surface area contributed by atoms with E-state index in [0.29, 0.717) is 19.0 Å². The van der Waals surface area contributed by atoms with Crippen molar-refractivity contribution in [3.63, 3.8) is 0 Å². The molecule has 16 heavy (non-hydrogen) atoms. The molecule has 0 bridgehead atoms. The first-order chi connectivity index (χ1) is 7.59. The van der Waals surface area contributed by atoms with Gasteiger partial charge in [0.15, 0.2) is 0 Å². The molecule has 0 spiro atoms. The molecular weight excluding hydrogens is 204 g/mol. The molecule has 2 N–H and O–H groups in total. The topological polar surface area (TPSA) is 55.6 Å². The second kappa shape index (κ2) is 5.53. The number of nitrogens with two attached hydrogens (primary N) is 1. The molecule has 0 aliphatic heterocycles. The number of hydrogen-bond acceptors (Lipinski definition) is 3. The van der Waals surface area contributed by atoms with Gasteiger partial charge in [-0.3, -0.25) is 0 Å². The summed E-state index contributed by atoms with van der Waals surface area (Å²) in [5, 5.41) is 0. The van der Waals surface area contributed by atoms with Crippen LogP contribution in [0, 0.1) is 5.92 Å². The molecule has 94 valence electrons. The average molecular weight is 228 g/mol. The van der Waals surface area contributed by atoms with Gasteiger partial charge in [0.2, 0.25) is 0 Å². The van der Waals surface area contributed by atoms with Crippen molar-refractivity contribution >= 4 is 6.09 Å². The molecule has 2 unspecified atom stereocenters. The number of nitrogens with zero attached hydrogens (tertiary/aromatic N) is 1. The average Bonchev–Trinajstić information content (AvgIpc) is 2.29. The standard InChI is InChI=1S/C12H24N2O2/c1-4-14(11(15)16-3)12(9-13)7-5-6-10(2)8-12/h10H,4-9,13H2,1-3H3. The van der Waals surface area contributed by atoms with Gasteiger partial charge in [-0.05, 0) is 25.7 Å². The zero-order chi connectivity index (χ0) is 12.2. The van der Waals surface area contributed by atoms with Crippen LogP contribution in [0.2, 0.25) is 0 Å². The summed E-state index contributed by atoms with van der Waals surface area (Å²) in [6.07, 6.45) is 4.12. The van der Waals surface area contributed by atoms with E-state index in [-0.39, 0.29) is 11.6 Å². The Kier molecular flexibility index (Phi) is 4.59. The minimum atomic E-state index is -0.248. The maximum Gasteiger partial charge on any atom is 0.409 e. The molecule has 1 rings (SSSR count). The number of methoxy groups -OCH3 is 1. The van der Waals surface area contributed by atoms with E-state index in [1.54, 1.807) is 0 Å². The van der Waals surface area contributed by atoms with Crippen LogP contribution in [0.1, 0.15) is 39.5 Å². The third-order valence-electron chi connectivity index (χ3n) is 3.73. The van der Waals surface area contributed by atoms with E-state index >= 15 is 0 Å². The maximum atomic E-state index is 11.8. The van der Waals surface area contributed by atoms with Crippen molar-refractivity contribution in [1.29, 1.82) is 0 Å². The SMILES string of the molecule is CCN(C(=O)OC)C1(CN)CCCC(C)C1. The first-order valence-corrected chi connectivity index (χ1v) is 6.15. The molecule has 0 aromatic heterocycles. The summed E-state index contributed by atoms with van der Waals surface area (Å²) in [5.41, 5.74) is 5.74. The van der Waals surface area contributed by atoms with Crippen LogP contribution < -0.4 is 5.73 Å². The molecule has 1 fully saturated rings. The predicted molar refractivity (Wildman–Crippen MR) is 64.2 cm³/mol. The van der Waals surface area contributed by atoms with E-state index in [1.165, 1.54) is 13.5 Å². The lowest BCUT2D eigenvalue weighted by Gasteiger charge is -2.46. The second-order valence-corrected chi connectivity index (χ2v) is 4.84. The molecule has 0 saturated heterocycles. The molecule has 4 nitrogen and oxygen atoms in total. The number of ether oxygens (including phenoxy) is 1. The van der Waals surface area contributed by atoms with Gasteiger partial charge >= 0.3 is 6.09 Å². The van der Waals surface area contributed by atoms with Crippen LogP contribution in [0.5, 0.6) is 0 Å². The Morgan fingerprint density at radius 3 is 2.75 bits per heavy atom. The van der Waals surface area contributed by atoms with Crippen LogP contribution >= 0.6 is 0 Å². The molecule has 1 amide bonds. The van der Waals surface area contributed by atoms with Gasteiger partial charge in [-0.15, -0.1) is 0 Å². The summed E-state index contributed by atoms with van der Waals surface area (Å²) in [6.45, 7) is 5.40. The van der Waals surface area contributed by atoms with Crippen LogP contribution in [-0.4, -0.2) is 36.7 Å². The molecule has 0 radical (unpaired) electrons. The number of hydrogen-bond donors (Lipinski definition) is 1. The van der Waals surface area contributed by atoms with Crippen molar-refractivity contribution in [2.45, 2.75) is 45.1 Å². The Balaban J connectivity index is 2.87. The van der Waals surface area contributed by atoms with Gasteiger partial charge in [0, 0.05) is 13.1 Å². The quantitative estimate of drug-likeness (QED) is 0.803. The van der Waals surface area contributed by atoms with Gasteiger partial charge in [0.1, 0.15) is 0 Å². The highest BCUT2D eigenvalue weighted by Gasteiger charge is 2.41. The third-order valence-corrected chi connectivity index (χ3v) is 3.73. The van der Waals surface area contributed by atoms with Gasteiger partial charge in [-0.1, -0.05) is 19.8 Å². The lowest BCUT2D eigenvalue weighted by Crippen LogP contribution is -2.58. The lowest BCUT2D eigenvalue weighted by molar-refractivity contribution is 0.0354. The molecule has 4 heteroatoms. The lowest BCUT2D eigenvalue weighted by atomic mass is 9.75. The van der Waals surface area contributed by atoms with Crippen LogP contribution in [0.3, 0.4) is 0 Å². The number of likely N-dealkylation sites (N-methyl/N-ethyl adjacent to an activating group) is 1. The zero-order valence-corrected chi connectivity index (χ0v) is 10.7. The number of rotatable bonds is 3. The molecule has 0 heterocycles. The number of carbonyl (C=O) groups is 1. The Morgan fingerprint density at radius 1 is 1.62 bits per heavy atom. The Labute approximate surface area is 98.1 Å². The van der Waals surface area contributed by atoms with Crippen molar-refractivity contribution in [1.82, 2.24) is 4.90 Å². The summed E-state index contributed by atoms with van der Waals surface area (Å²) in [6, 6.07) is 0. The molecule has 1 aliphatic rings. The highest BCUT2D eigenvalue weighted by atomic mass is 16.5. The van der Waals surface area contributed by atoms with Crippen LogP contribution in [0.25, 0.3) is 0 Å². The first-order valence-electron chi connectivity index (χ1n) is 6.15. The molecule has 1 saturated carbocycles. The third kappa shape index (κ3) is 2.48. The second-order valence-electron chi connectivity index (χ2n) is 4.84. The molecular formula is C12H24N2O2. The number of amides is 1. The van der Waals surface area contributed by atoms with Crippen LogP contribution in [-0.2, 0) is 4.74 Å². The minimum Gasteiger partial charge on any atom is -0.453 e. The van der Waals surface area contributed by atoms with Crippen molar-refractivity contribution in [2.24, 2.45) is 11.7 Å². The Morgan fingerprint density at radius 2 is 2.31 bits per heavy atom. The smallest absolute Gasteiger partial charge is 0.409 e.